The van der Waals surface area contributed by atoms with Gasteiger partial charge < -0.3 is 4.90 Å². The Morgan fingerprint density at radius 1 is 0.958 bits per heavy atom. The fraction of sp³-hybridized carbons (Fsp3) is 0.412. The molecule has 0 amide bonds. The minimum atomic E-state index is -3.41. The quantitative estimate of drug-likeness (QED) is 0.847. The Labute approximate surface area is 142 Å². The van der Waals surface area contributed by atoms with Gasteiger partial charge in [-0.25, -0.2) is 18.4 Å². The minimum absolute atomic E-state index is 0.358. The van der Waals surface area contributed by atoms with Crippen molar-refractivity contribution in [3.05, 3.63) is 48.4 Å². The number of nitrogens with zero attached hydrogens (tertiary/aromatic N) is 4. The normalized spacial score (nSPS) is 19.4. The Kier molecular flexibility index (Phi) is 3.97. The maximum Gasteiger partial charge on any atom is 0.243 e. The first-order valence-corrected chi connectivity index (χ1v) is 9.72. The zero-order valence-electron chi connectivity index (χ0n) is 13.4. The van der Waals surface area contributed by atoms with E-state index in [2.05, 4.69) is 14.9 Å². The first-order valence-electron chi connectivity index (χ1n) is 8.28. The van der Waals surface area contributed by atoms with Gasteiger partial charge in [-0.05, 0) is 31.0 Å². The van der Waals surface area contributed by atoms with Crippen molar-refractivity contribution in [1.29, 1.82) is 0 Å². The van der Waals surface area contributed by atoms with Crippen LogP contribution in [0.1, 0.15) is 24.6 Å². The molecule has 1 aliphatic carbocycles. The largest absolute Gasteiger partial charge is 0.354 e. The Hall–Kier alpha value is -1.99. The van der Waals surface area contributed by atoms with Gasteiger partial charge in [0.15, 0.2) is 0 Å². The first-order chi connectivity index (χ1) is 11.6. The monoisotopic (exact) mass is 344 g/mol. The van der Waals surface area contributed by atoms with Crippen LogP contribution in [0.2, 0.25) is 0 Å². The summed E-state index contributed by atoms with van der Waals surface area (Å²) < 4.78 is 26.9. The van der Waals surface area contributed by atoms with Crippen LogP contribution in [-0.4, -0.2) is 48.9 Å². The first kappa shape index (κ1) is 15.5. The number of anilines is 1. The number of aromatic nitrogens is 2. The van der Waals surface area contributed by atoms with Gasteiger partial charge in [-0.1, -0.05) is 18.2 Å². The van der Waals surface area contributed by atoms with Gasteiger partial charge in [-0.3, -0.25) is 0 Å². The molecule has 24 heavy (non-hydrogen) atoms. The Bertz CT molecular complexity index is 813. The average molecular weight is 344 g/mol. The molecular formula is C17H20N4O2S. The van der Waals surface area contributed by atoms with E-state index >= 15 is 0 Å². The zero-order valence-corrected chi connectivity index (χ0v) is 14.2. The summed E-state index contributed by atoms with van der Waals surface area (Å²) in [6.07, 6.45) is 4.15. The molecule has 0 radical (unpaired) electrons. The average Bonchev–Trinajstić information content (AvgIpc) is 3.48. The molecule has 0 N–H and O–H groups in total. The van der Waals surface area contributed by atoms with Gasteiger partial charge in [0.05, 0.1) is 4.90 Å². The third-order valence-electron chi connectivity index (χ3n) is 4.55. The predicted molar refractivity (Wildman–Crippen MR) is 91.4 cm³/mol. The van der Waals surface area contributed by atoms with Crippen LogP contribution in [0.4, 0.5) is 5.82 Å². The lowest BCUT2D eigenvalue weighted by atomic mass is 10.3. The van der Waals surface area contributed by atoms with Gasteiger partial charge in [-0.2, -0.15) is 4.31 Å². The van der Waals surface area contributed by atoms with Crippen LogP contribution in [0.25, 0.3) is 0 Å². The van der Waals surface area contributed by atoms with Crippen LogP contribution in [0.15, 0.2) is 47.5 Å². The summed E-state index contributed by atoms with van der Waals surface area (Å²) in [6.45, 7) is 2.24. The molecule has 0 atom stereocenters. The Morgan fingerprint density at radius 2 is 1.67 bits per heavy atom. The van der Waals surface area contributed by atoms with Gasteiger partial charge >= 0.3 is 0 Å². The summed E-state index contributed by atoms with van der Waals surface area (Å²) in [5.41, 5.74) is 0. The van der Waals surface area contributed by atoms with Crippen molar-refractivity contribution in [3.8, 4) is 0 Å². The van der Waals surface area contributed by atoms with Gasteiger partial charge in [0.1, 0.15) is 11.6 Å². The molecule has 0 bridgehead atoms. The highest BCUT2D eigenvalue weighted by Crippen LogP contribution is 2.38. The SMILES string of the molecule is O=S(=O)(c1ccccc1)N1CCN(c2ccnc(C3CC3)n2)CC1. The summed E-state index contributed by atoms with van der Waals surface area (Å²) in [4.78, 5) is 11.5. The molecule has 126 valence electrons. The van der Waals surface area contributed by atoms with Gasteiger partial charge in [0.25, 0.3) is 0 Å². The van der Waals surface area contributed by atoms with Crippen LogP contribution in [0.5, 0.6) is 0 Å². The standard InChI is InChI=1S/C17H20N4O2S/c22-24(23,15-4-2-1-3-5-15)21-12-10-20(11-13-21)16-8-9-18-17(19-16)14-6-7-14/h1-5,8-9,14H,6-7,10-13H2. The number of sulfonamides is 1. The minimum Gasteiger partial charge on any atom is -0.354 e. The van der Waals surface area contributed by atoms with Crippen LogP contribution in [0, 0.1) is 0 Å². The topological polar surface area (TPSA) is 66.4 Å². The highest BCUT2D eigenvalue weighted by atomic mass is 32.2. The van der Waals surface area contributed by atoms with Crippen molar-refractivity contribution in [1.82, 2.24) is 14.3 Å². The van der Waals surface area contributed by atoms with Gasteiger partial charge in [0, 0.05) is 38.3 Å². The second-order valence-corrected chi connectivity index (χ2v) is 8.19. The van der Waals surface area contributed by atoms with E-state index in [1.165, 1.54) is 12.8 Å². The zero-order chi connectivity index (χ0) is 16.6. The summed E-state index contributed by atoms with van der Waals surface area (Å²) in [7, 11) is -3.41. The lowest BCUT2D eigenvalue weighted by Crippen LogP contribution is -2.49. The van der Waals surface area contributed by atoms with Crippen LogP contribution in [0.3, 0.4) is 0 Å². The third kappa shape index (κ3) is 3.01. The molecule has 0 spiro atoms. The van der Waals surface area contributed by atoms with Crippen molar-refractivity contribution in [2.45, 2.75) is 23.7 Å². The highest BCUT2D eigenvalue weighted by molar-refractivity contribution is 7.89. The fourth-order valence-corrected chi connectivity index (χ4v) is 4.42. The molecule has 2 heterocycles. The number of piperazine rings is 1. The second kappa shape index (κ2) is 6.14. The van der Waals surface area contributed by atoms with Gasteiger partial charge in [-0.15, -0.1) is 0 Å². The van der Waals surface area contributed by atoms with E-state index in [-0.39, 0.29) is 0 Å². The Balaban J connectivity index is 1.46. The number of hydrogen-bond acceptors (Lipinski definition) is 5. The van der Waals surface area contributed by atoms with E-state index in [1.54, 1.807) is 28.6 Å². The van der Waals surface area contributed by atoms with E-state index in [4.69, 9.17) is 0 Å². The maximum atomic E-state index is 12.7. The number of rotatable bonds is 4. The Morgan fingerprint density at radius 3 is 2.33 bits per heavy atom. The second-order valence-electron chi connectivity index (χ2n) is 6.25. The molecule has 1 saturated heterocycles. The van der Waals surface area contributed by atoms with Crippen molar-refractivity contribution in [3.63, 3.8) is 0 Å². The highest BCUT2D eigenvalue weighted by Gasteiger charge is 2.30. The summed E-state index contributed by atoms with van der Waals surface area (Å²) in [5.74, 6) is 2.35. The van der Waals surface area contributed by atoms with E-state index < -0.39 is 10.0 Å². The summed E-state index contributed by atoms with van der Waals surface area (Å²) in [5, 5.41) is 0. The molecule has 2 fully saturated rings. The molecule has 1 saturated carbocycles. The molecule has 1 aliphatic heterocycles. The smallest absolute Gasteiger partial charge is 0.243 e. The number of benzene rings is 1. The van der Waals surface area contributed by atoms with Crippen molar-refractivity contribution in [2.24, 2.45) is 0 Å². The van der Waals surface area contributed by atoms with Crippen molar-refractivity contribution < 1.29 is 8.42 Å². The molecule has 4 rings (SSSR count). The summed E-state index contributed by atoms with van der Waals surface area (Å²) in [6, 6.07) is 10.5. The predicted octanol–water partition coefficient (Wildman–Crippen LogP) is 1.86. The third-order valence-corrected chi connectivity index (χ3v) is 6.46. The van der Waals surface area contributed by atoms with E-state index in [1.807, 2.05) is 18.3 Å². The van der Waals surface area contributed by atoms with Crippen molar-refractivity contribution >= 4 is 15.8 Å². The molecule has 2 aromatic rings. The molecule has 2 aliphatic rings. The lowest BCUT2D eigenvalue weighted by Gasteiger charge is -2.34. The van der Waals surface area contributed by atoms with E-state index in [9.17, 15) is 8.42 Å². The van der Waals surface area contributed by atoms with Crippen LogP contribution < -0.4 is 4.90 Å². The maximum absolute atomic E-state index is 12.7. The lowest BCUT2D eigenvalue weighted by molar-refractivity contribution is 0.383. The summed E-state index contributed by atoms with van der Waals surface area (Å²) >= 11 is 0. The van der Waals surface area contributed by atoms with Crippen molar-refractivity contribution in [2.75, 3.05) is 31.1 Å². The molecule has 1 aromatic carbocycles. The van der Waals surface area contributed by atoms with E-state index in [0.717, 1.165) is 11.6 Å². The molecule has 7 heteroatoms. The van der Waals surface area contributed by atoms with E-state index in [0.29, 0.717) is 37.0 Å². The molecule has 6 nitrogen and oxygen atoms in total. The number of hydrogen-bond donors (Lipinski definition) is 0. The molecule has 0 unspecified atom stereocenters. The van der Waals surface area contributed by atoms with Crippen LogP contribution in [-0.2, 0) is 10.0 Å². The molecule has 1 aromatic heterocycles. The van der Waals surface area contributed by atoms with Gasteiger partial charge in [0.2, 0.25) is 10.0 Å². The fourth-order valence-electron chi connectivity index (χ4n) is 2.98. The van der Waals surface area contributed by atoms with Crippen LogP contribution >= 0.6 is 0 Å². The molecular weight excluding hydrogens is 324 g/mol.